The van der Waals surface area contributed by atoms with Crippen LogP contribution in [0.3, 0.4) is 0 Å². The van der Waals surface area contributed by atoms with Gasteiger partial charge in [-0.3, -0.25) is 0 Å². The van der Waals surface area contributed by atoms with E-state index in [0.717, 1.165) is 12.1 Å². The maximum Gasteiger partial charge on any atom is 0.00890 e. The summed E-state index contributed by atoms with van der Waals surface area (Å²) < 4.78 is 0. The van der Waals surface area contributed by atoms with Crippen molar-refractivity contribution >= 4 is 0 Å². The fraction of sp³-hybridized carbons (Fsp3) is 0.556. The molecule has 0 radical (unpaired) electrons. The number of hydrogen-bond acceptors (Lipinski definition) is 1. The average molecular weight is 137 g/mol. The maximum atomic E-state index is 5.70. The highest BCUT2D eigenvalue weighted by atomic mass is 14.6. The Balaban J connectivity index is 2.92. The first-order chi connectivity index (χ1) is 4.61. The molecule has 56 valence electrons. The second-order valence-corrected chi connectivity index (χ2v) is 3.19. The van der Waals surface area contributed by atoms with E-state index in [2.05, 4.69) is 26.8 Å². The SMILES string of the molecule is CC1=C(C)C(C)CC(N)=C1. The summed E-state index contributed by atoms with van der Waals surface area (Å²) in [6.07, 6.45) is 3.11. The lowest BCUT2D eigenvalue weighted by Gasteiger charge is -2.19. The molecular formula is C9H15N. The van der Waals surface area contributed by atoms with Crippen LogP contribution >= 0.6 is 0 Å². The van der Waals surface area contributed by atoms with Gasteiger partial charge in [-0.05, 0) is 32.3 Å². The molecule has 0 amide bonds. The van der Waals surface area contributed by atoms with Crippen molar-refractivity contribution in [3.8, 4) is 0 Å². The summed E-state index contributed by atoms with van der Waals surface area (Å²) in [4.78, 5) is 0. The summed E-state index contributed by atoms with van der Waals surface area (Å²) in [6.45, 7) is 6.53. The molecule has 0 fully saturated rings. The number of rotatable bonds is 0. The topological polar surface area (TPSA) is 26.0 Å². The molecule has 0 aromatic rings. The molecule has 1 atom stereocenters. The van der Waals surface area contributed by atoms with Crippen molar-refractivity contribution in [3.63, 3.8) is 0 Å². The van der Waals surface area contributed by atoms with Gasteiger partial charge >= 0.3 is 0 Å². The van der Waals surface area contributed by atoms with Crippen LogP contribution in [0.1, 0.15) is 27.2 Å². The first-order valence-corrected chi connectivity index (χ1v) is 3.74. The maximum absolute atomic E-state index is 5.70. The lowest BCUT2D eigenvalue weighted by atomic mass is 9.89. The van der Waals surface area contributed by atoms with E-state index in [1.807, 2.05) is 0 Å². The average Bonchev–Trinajstić information content (AvgIpc) is 1.82. The van der Waals surface area contributed by atoms with Crippen LogP contribution in [0, 0.1) is 5.92 Å². The molecule has 0 bridgehead atoms. The van der Waals surface area contributed by atoms with Crippen LogP contribution in [0.5, 0.6) is 0 Å². The molecule has 0 spiro atoms. The highest BCUT2D eigenvalue weighted by Crippen LogP contribution is 2.25. The molecule has 0 heterocycles. The predicted molar refractivity (Wildman–Crippen MR) is 44.4 cm³/mol. The molecular weight excluding hydrogens is 122 g/mol. The van der Waals surface area contributed by atoms with Crippen LogP contribution in [-0.4, -0.2) is 0 Å². The summed E-state index contributed by atoms with van der Waals surface area (Å²) in [7, 11) is 0. The van der Waals surface area contributed by atoms with E-state index >= 15 is 0 Å². The van der Waals surface area contributed by atoms with Gasteiger partial charge in [0, 0.05) is 5.70 Å². The van der Waals surface area contributed by atoms with Crippen molar-refractivity contribution in [2.75, 3.05) is 0 Å². The summed E-state index contributed by atoms with van der Waals surface area (Å²) in [5.41, 5.74) is 9.55. The standard InChI is InChI=1S/C9H15N/c1-6-4-9(10)5-7(2)8(6)3/h4,7H,5,10H2,1-3H3. The van der Waals surface area contributed by atoms with Gasteiger partial charge in [0.25, 0.3) is 0 Å². The van der Waals surface area contributed by atoms with Crippen molar-refractivity contribution in [1.82, 2.24) is 0 Å². The van der Waals surface area contributed by atoms with Crippen LogP contribution in [0.4, 0.5) is 0 Å². The van der Waals surface area contributed by atoms with Gasteiger partial charge in [0.05, 0.1) is 0 Å². The first-order valence-electron chi connectivity index (χ1n) is 3.74. The Hall–Kier alpha value is -0.720. The van der Waals surface area contributed by atoms with E-state index in [-0.39, 0.29) is 0 Å². The van der Waals surface area contributed by atoms with E-state index in [9.17, 15) is 0 Å². The van der Waals surface area contributed by atoms with E-state index < -0.39 is 0 Å². The van der Waals surface area contributed by atoms with Crippen molar-refractivity contribution in [2.24, 2.45) is 11.7 Å². The fourth-order valence-corrected chi connectivity index (χ4v) is 1.35. The Morgan fingerprint density at radius 3 is 2.60 bits per heavy atom. The third-order valence-corrected chi connectivity index (χ3v) is 2.30. The van der Waals surface area contributed by atoms with Gasteiger partial charge in [-0.2, -0.15) is 0 Å². The van der Waals surface area contributed by atoms with E-state index in [1.165, 1.54) is 11.1 Å². The van der Waals surface area contributed by atoms with Crippen LogP contribution in [0.2, 0.25) is 0 Å². The zero-order valence-corrected chi connectivity index (χ0v) is 6.94. The molecule has 1 aliphatic carbocycles. The van der Waals surface area contributed by atoms with Gasteiger partial charge in [-0.15, -0.1) is 0 Å². The van der Waals surface area contributed by atoms with E-state index in [0.29, 0.717) is 5.92 Å². The third kappa shape index (κ3) is 1.23. The normalized spacial score (nSPS) is 26.7. The number of hydrogen-bond donors (Lipinski definition) is 1. The highest BCUT2D eigenvalue weighted by Gasteiger charge is 2.12. The molecule has 1 aliphatic rings. The predicted octanol–water partition coefficient (Wildman–Crippen LogP) is 2.21. The molecule has 1 rings (SSSR count). The largest absolute Gasteiger partial charge is 0.402 e. The molecule has 1 heteroatoms. The molecule has 0 aromatic heterocycles. The minimum atomic E-state index is 0.644. The van der Waals surface area contributed by atoms with Crippen molar-refractivity contribution in [3.05, 3.63) is 22.9 Å². The van der Waals surface area contributed by atoms with Crippen LogP contribution in [-0.2, 0) is 0 Å². The quantitative estimate of drug-likeness (QED) is 0.544. The molecule has 1 unspecified atom stereocenters. The molecule has 2 N–H and O–H groups in total. The molecule has 0 aliphatic heterocycles. The molecule has 0 aromatic carbocycles. The molecule has 10 heavy (non-hydrogen) atoms. The summed E-state index contributed by atoms with van der Waals surface area (Å²) in [5, 5.41) is 0. The summed E-state index contributed by atoms with van der Waals surface area (Å²) >= 11 is 0. The molecule has 1 nitrogen and oxygen atoms in total. The molecule has 0 saturated heterocycles. The summed E-state index contributed by atoms with van der Waals surface area (Å²) in [6, 6.07) is 0. The van der Waals surface area contributed by atoms with Crippen LogP contribution in [0.25, 0.3) is 0 Å². The second-order valence-electron chi connectivity index (χ2n) is 3.19. The number of allylic oxidation sites excluding steroid dienone is 4. The minimum Gasteiger partial charge on any atom is -0.402 e. The van der Waals surface area contributed by atoms with Gasteiger partial charge in [-0.1, -0.05) is 18.1 Å². The third-order valence-electron chi connectivity index (χ3n) is 2.30. The van der Waals surface area contributed by atoms with Crippen molar-refractivity contribution in [1.29, 1.82) is 0 Å². The monoisotopic (exact) mass is 137 g/mol. The van der Waals surface area contributed by atoms with Gasteiger partial charge in [0.2, 0.25) is 0 Å². The lowest BCUT2D eigenvalue weighted by molar-refractivity contribution is 0.649. The van der Waals surface area contributed by atoms with Gasteiger partial charge < -0.3 is 5.73 Å². The van der Waals surface area contributed by atoms with Gasteiger partial charge in [0.15, 0.2) is 0 Å². The Kier molecular flexibility index (Phi) is 1.84. The zero-order valence-electron chi connectivity index (χ0n) is 6.94. The van der Waals surface area contributed by atoms with Crippen LogP contribution in [0.15, 0.2) is 22.9 Å². The van der Waals surface area contributed by atoms with E-state index in [1.54, 1.807) is 0 Å². The Bertz CT molecular complexity index is 199. The lowest BCUT2D eigenvalue weighted by Crippen LogP contribution is -2.10. The fourth-order valence-electron chi connectivity index (χ4n) is 1.35. The molecule has 0 saturated carbocycles. The van der Waals surface area contributed by atoms with Gasteiger partial charge in [-0.25, -0.2) is 0 Å². The number of nitrogens with two attached hydrogens (primary N) is 1. The van der Waals surface area contributed by atoms with Crippen LogP contribution < -0.4 is 5.73 Å². The smallest absolute Gasteiger partial charge is 0.00890 e. The highest BCUT2D eigenvalue weighted by molar-refractivity contribution is 5.31. The Morgan fingerprint density at radius 1 is 1.50 bits per heavy atom. The van der Waals surface area contributed by atoms with Crippen molar-refractivity contribution < 1.29 is 0 Å². The first kappa shape index (κ1) is 7.39. The second kappa shape index (κ2) is 2.49. The minimum absolute atomic E-state index is 0.644. The summed E-state index contributed by atoms with van der Waals surface area (Å²) in [5.74, 6) is 0.644. The van der Waals surface area contributed by atoms with E-state index in [4.69, 9.17) is 5.73 Å². The van der Waals surface area contributed by atoms with Gasteiger partial charge in [0.1, 0.15) is 0 Å². The van der Waals surface area contributed by atoms with Crippen molar-refractivity contribution in [2.45, 2.75) is 27.2 Å². The Morgan fingerprint density at radius 2 is 2.10 bits per heavy atom. The Labute approximate surface area is 62.6 Å². The zero-order chi connectivity index (χ0) is 7.72.